The summed E-state index contributed by atoms with van der Waals surface area (Å²) in [6.07, 6.45) is 0.478. The summed E-state index contributed by atoms with van der Waals surface area (Å²) >= 11 is 11.5. The standard InChI is InChI=1S/C22H24ClN5O4S/c1-3-20(29)27-11-9-26(10-12-27)19-8-7-15(23)13-17(19)24-22(33)25-21(30)16-5-4-6-18(14(16)2)28(31)32/h4-8,13H,3,9-12H2,1-2H3,(H2,24,25,30,33). The van der Waals surface area contributed by atoms with E-state index >= 15 is 0 Å². The molecular formula is C22H24ClN5O4S. The summed E-state index contributed by atoms with van der Waals surface area (Å²) in [7, 11) is 0. The number of rotatable bonds is 5. The molecule has 174 valence electrons. The van der Waals surface area contributed by atoms with Crippen molar-refractivity contribution < 1.29 is 14.5 Å². The quantitative estimate of drug-likeness (QED) is 0.374. The van der Waals surface area contributed by atoms with Gasteiger partial charge in [0.1, 0.15) is 0 Å². The average molecular weight is 490 g/mol. The van der Waals surface area contributed by atoms with E-state index < -0.39 is 10.8 Å². The minimum Gasteiger partial charge on any atom is -0.366 e. The number of nitro groups is 1. The molecule has 0 aromatic heterocycles. The van der Waals surface area contributed by atoms with Gasteiger partial charge in [0.15, 0.2) is 5.11 Å². The van der Waals surface area contributed by atoms with E-state index in [1.165, 1.54) is 25.1 Å². The van der Waals surface area contributed by atoms with E-state index in [9.17, 15) is 19.7 Å². The predicted molar refractivity (Wildman–Crippen MR) is 132 cm³/mol. The maximum absolute atomic E-state index is 12.7. The molecule has 1 saturated heterocycles. The summed E-state index contributed by atoms with van der Waals surface area (Å²) in [5, 5.41) is 17.3. The summed E-state index contributed by atoms with van der Waals surface area (Å²) in [6, 6.07) is 9.62. The summed E-state index contributed by atoms with van der Waals surface area (Å²) < 4.78 is 0. The Morgan fingerprint density at radius 2 is 1.88 bits per heavy atom. The number of piperazine rings is 1. The SMILES string of the molecule is CCC(=O)N1CCN(c2ccc(Cl)cc2NC(=S)NC(=O)c2cccc([N+](=O)[O-])c2C)CC1. The first-order valence-corrected chi connectivity index (χ1v) is 11.2. The van der Waals surface area contributed by atoms with E-state index in [2.05, 4.69) is 15.5 Å². The van der Waals surface area contributed by atoms with Gasteiger partial charge in [-0.2, -0.15) is 0 Å². The molecule has 2 aromatic carbocycles. The third-order valence-corrected chi connectivity index (χ3v) is 5.90. The molecule has 0 spiro atoms. The maximum Gasteiger partial charge on any atom is 0.273 e. The van der Waals surface area contributed by atoms with Crippen molar-refractivity contribution in [1.82, 2.24) is 10.2 Å². The topological polar surface area (TPSA) is 108 Å². The van der Waals surface area contributed by atoms with Crippen LogP contribution in [0.3, 0.4) is 0 Å². The van der Waals surface area contributed by atoms with Crippen molar-refractivity contribution >= 4 is 57.8 Å². The molecular weight excluding hydrogens is 466 g/mol. The van der Waals surface area contributed by atoms with Crippen molar-refractivity contribution in [1.29, 1.82) is 0 Å². The number of amides is 2. The summed E-state index contributed by atoms with van der Waals surface area (Å²) in [5.74, 6) is -0.423. The second-order valence-electron chi connectivity index (χ2n) is 7.50. The average Bonchev–Trinajstić information content (AvgIpc) is 2.78. The van der Waals surface area contributed by atoms with Gasteiger partial charge in [-0.25, -0.2) is 0 Å². The van der Waals surface area contributed by atoms with Crippen LogP contribution in [0.1, 0.15) is 29.3 Å². The molecule has 1 aliphatic heterocycles. The molecule has 9 nitrogen and oxygen atoms in total. The fraction of sp³-hybridized carbons (Fsp3) is 0.318. The van der Waals surface area contributed by atoms with Crippen LogP contribution in [0.2, 0.25) is 5.02 Å². The van der Waals surface area contributed by atoms with E-state index in [0.717, 1.165) is 5.69 Å². The summed E-state index contributed by atoms with van der Waals surface area (Å²) in [6.45, 7) is 5.88. The van der Waals surface area contributed by atoms with Gasteiger partial charge >= 0.3 is 0 Å². The molecule has 0 bridgehead atoms. The third kappa shape index (κ3) is 5.77. The van der Waals surface area contributed by atoms with Crippen LogP contribution in [0.5, 0.6) is 0 Å². The zero-order valence-electron chi connectivity index (χ0n) is 18.3. The van der Waals surface area contributed by atoms with Crippen LogP contribution in [0, 0.1) is 17.0 Å². The van der Waals surface area contributed by atoms with Crippen molar-refractivity contribution in [2.75, 3.05) is 36.4 Å². The lowest BCUT2D eigenvalue weighted by molar-refractivity contribution is -0.385. The van der Waals surface area contributed by atoms with E-state index in [1.54, 1.807) is 12.1 Å². The monoisotopic (exact) mass is 489 g/mol. The maximum atomic E-state index is 12.7. The Morgan fingerprint density at radius 3 is 2.52 bits per heavy atom. The highest BCUT2D eigenvalue weighted by Gasteiger charge is 2.23. The number of benzene rings is 2. The minimum atomic E-state index is -0.552. The van der Waals surface area contributed by atoms with Crippen molar-refractivity contribution in [3.63, 3.8) is 0 Å². The molecule has 1 aliphatic rings. The van der Waals surface area contributed by atoms with Crippen molar-refractivity contribution in [2.45, 2.75) is 20.3 Å². The van der Waals surface area contributed by atoms with Crippen LogP contribution in [-0.4, -0.2) is 52.9 Å². The lowest BCUT2D eigenvalue weighted by Gasteiger charge is -2.37. The Balaban J connectivity index is 1.72. The van der Waals surface area contributed by atoms with Gasteiger partial charge in [-0.1, -0.05) is 24.6 Å². The zero-order chi connectivity index (χ0) is 24.1. The Kier molecular flexibility index (Phi) is 7.83. The van der Waals surface area contributed by atoms with Gasteiger partial charge in [0, 0.05) is 54.8 Å². The molecule has 0 aliphatic carbocycles. The largest absolute Gasteiger partial charge is 0.366 e. The van der Waals surface area contributed by atoms with Gasteiger partial charge in [-0.05, 0) is 43.4 Å². The molecule has 33 heavy (non-hydrogen) atoms. The van der Waals surface area contributed by atoms with E-state index in [-0.39, 0.29) is 27.8 Å². The van der Waals surface area contributed by atoms with Gasteiger partial charge in [0.25, 0.3) is 11.6 Å². The molecule has 2 N–H and O–H groups in total. The minimum absolute atomic E-state index is 0.0363. The van der Waals surface area contributed by atoms with Gasteiger partial charge in [0.05, 0.1) is 16.3 Å². The van der Waals surface area contributed by atoms with Gasteiger partial charge in [-0.3, -0.25) is 25.0 Å². The zero-order valence-corrected chi connectivity index (χ0v) is 19.8. The molecule has 11 heteroatoms. The summed E-state index contributed by atoms with van der Waals surface area (Å²) in [5.41, 5.74) is 1.73. The smallest absolute Gasteiger partial charge is 0.273 e. The molecule has 3 rings (SSSR count). The van der Waals surface area contributed by atoms with Crippen molar-refractivity contribution in [3.05, 3.63) is 62.7 Å². The molecule has 1 fully saturated rings. The number of hydrogen-bond donors (Lipinski definition) is 2. The third-order valence-electron chi connectivity index (χ3n) is 5.46. The molecule has 2 aromatic rings. The number of carbonyl (C=O) groups is 2. The number of anilines is 2. The van der Waals surface area contributed by atoms with Crippen molar-refractivity contribution in [3.8, 4) is 0 Å². The highest BCUT2D eigenvalue weighted by atomic mass is 35.5. The number of halogens is 1. The van der Waals surface area contributed by atoms with Crippen LogP contribution in [0.25, 0.3) is 0 Å². The first-order valence-electron chi connectivity index (χ1n) is 10.4. The van der Waals surface area contributed by atoms with Crippen molar-refractivity contribution in [2.24, 2.45) is 0 Å². The second kappa shape index (κ2) is 10.6. The van der Waals surface area contributed by atoms with Crippen LogP contribution in [0.15, 0.2) is 36.4 Å². The number of hydrogen-bond acceptors (Lipinski definition) is 6. The lowest BCUT2D eigenvalue weighted by Crippen LogP contribution is -2.48. The van der Waals surface area contributed by atoms with Crippen LogP contribution in [-0.2, 0) is 4.79 Å². The highest BCUT2D eigenvalue weighted by molar-refractivity contribution is 7.80. The predicted octanol–water partition coefficient (Wildman–Crippen LogP) is 3.74. The van der Waals surface area contributed by atoms with E-state index in [0.29, 0.717) is 43.3 Å². The first-order chi connectivity index (χ1) is 15.7. The molecule has 0 atom stereocenters. The van der Waals surface area contributed by atoms with E-state index in [4.69, 9.17) is 23.8 Å². The van der Waals surface area contributed by atoms with Gasteiger partial charge in [-0.15, -0.1) is 0 Å². The molecule has 0 radical (unpaired) electrons. The first kappa shape index (κ1) is 24.4. The number of nitro benzene ring substituents is 1. The Morgan fingerprint density at radius 1 is 1.18 bits per heavy atom. The Hall–Kier alpha value is -3.24. The number of thiocarbonyl (C=S) groups is 1. The van der Waals surface area contributed by atoms with Gasteiger partial charge in [0.2, 0.25) is 5.91 Å². The molecule has 0 saturated carbocycles. The van der Waals surface area contributed by atoms with Crippen LogP contribution >= 0.6 is 23.8 Å². The Bertz CT molecular complexity index is 1100. The van der Waals surface area contributed by atoms with Gasteiger partial charge < -0.3 is 15.1 Å². The molecule has 0 unspecified atom stereocenters. The normalized spacial score (nSPS) is 13.4. The fourth-order valence-electron chi connectivity index (χ4n) is 3.70. The number of nitrogens with one attached hydrogen (secondary N) is 2. The molecule has 2 amide bonds. The van der Waals surface area contributed by atoms with E-state index in [1.807, 2.05) is 17.9 Å². The molecule has 1 heterocycles. The highest BCUT2D eigenvalue weighted by Crippen LogP contribution is 2.30. The number of nitrogens with zero attached hydrogens (tertiary/aromatic N) is 3. The van der Waals surface area contributed by atoms with Crippen LogP contribution in [0.4, 0.5) is 17.1 Å². The second-order valence-corrected chi connectivity index (χ2v) is 8.34. The Labute approximate surface area is 201 Å². The van der Waals surface area contributed by atoms with Crippen LogP contribution < -0.4 is 15.5 Å². The summed E-state index contributed by atoms with van der Waals surface area (Å²) in [4.78, 5) is 39.2. The lowest BCUT2D eigenvalue weighted by atomic mass is 10.1. The fourth-order valence-corrected chi connectivity index (χ4v) is 4.07. The number of carbonyl (C=O) groups excluding carboxylic acids is 2.